The normalized spacial score (nSPS) is 13.8. The minimum atomic E-state index is -4.71. The summed E-state index contributed by atoms with van der Waals surface area (Å²) in [6.45, 7) is 0. The molecule has 0 aromatic heterocycles. The fourth-order valence-electron chi connectivity index (χ4n) is 2.95. The molecule has 0 aliphatic heterocycles. The minimum Gasteiger partial charge on any atom is -0.457 e. The van der Waals surface area contributed by atoms with Crippen molar-refractivity contribution in [2.75, 3.05) is 10.6 Å². The average molecular weight is 496 g/mol. The number of benzene rings is 2. The van der Waals surface area contributed by atoms with Crippen molar-refractivity contribution in [3.05, 3.63) is 88.4 Å². The van der Waals surface area contributed by atoms with Crippen LogP contribution in [0.3, 0.4) is 0 Å². The molecule has 6 nitrogen and oxygen atoms in total. The molecule has 11 heteroatoms. The SMILES string of the molecule is NC(=O)C1=CC(Oc2ccc(NC(=O)Nc3ccc(Cl)c(C(F)(F)F)c3)c(F)c2)=CC=CCC1. The summed E-state index contributed by atoms with van der Waals surface area (Å²) in [7, 11) is 0. The lowest BCUT2D eigenvalue weighted by Crippen LogP contribution is -2.20. The first-order chi connectivity index (χ1) is 16.0. The van der Waals surface area contributed by atoms with Crippen LogP contribution in [0.4, 0.5) is 33.7 Å². The molecule has 2 aromatic rings. The fraction of sp³-hybridized carbons (Fsp3) is 0.130. The number of rotatable bonds is 5. The van der Waals surface area contributed by atoms with Crippen LogP contribution in [-0.4, -0.2) is 11.9 Å². The van der Waals surface area contributed by atoms with Gasteiger partial charge in [-0.05, 0) is 55.3 Å². The van der Waals surface area contributed by atoms with Gasteiger partial charge < -0.3 is 21.1 Å². The molecule has 0 saturated heterocycles. The Bertz CT molecular complexity index is 1210. The summed E-state index contributed by atoms with van der Waals surface area (Å²) in [6.07, 6.45) is 2.94. The van der Waals surface area contributed by atoms with E-state index in [0.717, 1.165) is 12.1 Å². The van der Waals surface area contributed by atoms with E-state index >= 15 is 0 Å². The summed E-state index contributed by atoms with van der Waals surface area (Å²) in [5, 5.41) is 3.88. The first-order valence-electron chi connectivity index (χ1n) is 9.82. The zero-order chi connectivity index (χ0) is 24.9. The maximum Gasteiger partial charge on any atom is 0.417 e. The zero-order valence-corrected chi connectivity index (χ0v) is 18.1. The highest BCUT2D eigenvalue weighted by atomic mass is 35.5. The number of hydrogen-bond donors (Lipinski definition) is 3. The summed E-state index contributed by atoms with van der Waals surface area (Å²) in [5.74, 6) is -1.12. The number of nitrogens with two attached hydrogens (primary N) is 1. The lowest BCUT2D eigenvalue weighted by atomic mass is 10.1. The molecular formula is C23H18ClF4N3O3. The van der Waals surface area contributed by atoms with E-state index < -0.39 is 34.5 Å². The van der Waals surface area contributed by atoms with E-state index in [0.29, 0.717) is 24.5 Å². The van der Waals surface area contributed by atoms with E-state index in [2.05, 4.69) is 10.6 Å². The molecular weight excluding hydrogens is 478 g/mol. The molecule has 4 N–H and O–H groups in total. The maximum atomic E-state index is 14.5. The zero-order valence-electron chi connectivity index (χ0n) is 17.4. The predicted octanol–water partition coefficient (Wildman–Crippen LogP) is 6.17. The van der Waals surface area contributed by atoms with Crippen molar-refractivity contribution in [3.63, 3.8) is 0 Å². The van der Waals surface area contributed by atoms with Gasteiger partial charge in [0.1, 0.15) is 17.3 Å². The number of carbonyl (C=O) groups is 2. The topological polar surface area (TPSA) is 93.5 Å². The Morgan fingerprint density at radius 2 is 1.85 bits per heavy atom. The van der Waals surface area contributed by atoms with Crippen LogP contribution in [-0.2, 0) is 11.0 Å². The second kappa shape index (κ2) is 10.4. The van der Waals surface area contributed by atoms with Crippen molar-refractivity contribution in [3.8, 4) is 5.75 Å². The Morgan fingerprint density at radius 1 is 1.09 bits per heavy atom. The molecule has 1 aliphatic rings. The number of urea groups is 1. The number of ether oxygens (including phenoxy) is 1. The van der Waals surface area contributed by atoms with E-state index in [1.807, 2.05) is 6.08 Å². The van der Waals surface area contributed by atoms with Crippen LogP contribution in [0.5, 0.6) is 5.75 Å². The maximum absolute atomic E-state index is 14.5. The van der Waals surface area contributed by atoms with E-state index in [4.69, 9.17) is 22.1 Å². The van der Waals surface area contributed by atoms with Crippen molar-refractivity contribution in [2.24, 2.45) is 5.73 Å². The molecule has 34 heavy (non-hydrogen) atoms. The summed E-state index contributed by atoms with van der Waals surface area (Å²) < 4.78 is 59.0. The van der Waals surface area contributed by atoms with Crippen LogP contribution >= 0.6 is 11.6 Å². The lowest BCUT2D eigenvalue weighted by Gasteiger charge is -2.13. The number of primary amides is 1. The van der Waals surface area contributed by atoms with Crippen molar-refractivity contribution in [1.29, 1.82) is 0 Å². The van der Waals surface area contributed by atoms with Gasteiger partial charge in [-0.15, -0.1) is 0 Å². The highest BCUT2D eigenvalue weighted by molar-refractivity contribution is 6.31. The molecule has 0 saturated carbocycles. The molecule has 0 atom stereocenters. The predicted molar refractivity (Wildman–Crippen MR) is 120 cm³/mol. The van der Waals surface area contributed by atoms with Gasteiger partial charge in [-0.2, -0.15) is 13.2 Å². The van der Waals surface area contributed by atoms with Crippen LogP contribution in [0.1, 0.15) is 18.4 Å². The molecule has 0 fully saturated rings. The van der Waals surface area contributed by atoms with Crippen LogP contribution < -0.4 is 21.1 Å². The van der Waals surface area contributed by atoms with E-state index in [1.165, 1.54) is 24.3 Å². The van der Waals surface area contributed by atoms with Gasteiger partial charge in [-0.1, -0.05) is 23.8 Å². The van der Waals surface area contributed by atoms with Gasteiger partial charge in [0.15, 0.2) is 0 Å². The largest absolute Gasteiger partial charge is 0.457 e. The molecule has 0 radical (unpaired) electrons. The van der Waals surface area contributed by atoms with Crippen molar-refractivity contribution in [1.82, 2.24) is 0 Å². The van der Waals surface area contributed by atoms with E-state index in [1.54, 1.807) is 12.2 Å². The smallest absolute Gasteiger partial charge is 0.417 e. The second-order valence-corrected chi connectivity index (χ2v) is 7.49. The quantitative estimate of drug-likeness (QED) is 0.433. The highest BCUT2D eigenvalue weighted by Crippen LogP contribution is 2.36. The minimum absolute atomic E-state index is 0.0799. The van der Waals surface area contributed by atoms with Crippen molar-refractivity contribution < 1.29 is 31.9 Å². The Labute approximate surface area is 196 Å². The number of allylic oxidation sites excluding steroid dienone is 4. The van der Waals surface area contributed by atoms with Crippen molar-refractivity contribution >= 4 is 34.9 Å². The van der Waals surface area contributed by atoms with Gasteiger partial charge in [-0.25, -0.2) is 9.18 Å². The number of halogens is 5. The fourth-order valence-corrected chi connectivity index (χ4v) is 3.17. The van der Waals surface area contributed by atoms with Crippen LogP contribution in [0.2, 0.25) is 5.02 Å². The van der Waals surface area contributed by atoms with Crippen molar-refractivity contribution in [2.45, 2.75) is 19.0 Å². The van der Waals surface area contributed by atoms with E-state index in [9.17, 15) is 27.2 Å². The number of nitrogens with one attached hydrogen (secondary N) is 2. The Balaban J connectivity index is 1.70. The van der Waals surface area contributed by atoms with Gasteiger partial charge >= 0.3 is 12.2 Å². The molecule has 1 aliphatic carbocycles. The molecule has 3 rings (SSSR count). The second-order valence-electron chi connectivity index (χ2n) is 7.08. The lowest BCUT2D eigenvalue weighted by molar-refractivity contribution is -0.137. The molecule has 0 bridgehead atoms. The van der Waals surface area contributed by atoms with Crippen LogP contribution in [0.15, 0.2) is 72.0 Å². The first kappa shape index (κ1) is 24.8. The summed E-state index contributed by atoms with van der Waals surface area (Å²) in [4.78, 5) is 23.7. The third kappa shape index (κ3) is 6.61. The summed E-state index contributed by atoms with van der Waals surface area (Å²) in [6, 6.07) is 5.44. The molecule has 0 spiro atoms. The summed E-state index contributed by atoms with van der Waals surface area (Å²) >= 11 is 5.55. The molecule has 2 aromatic carbocycles. The number of carbonyl (C=O) groups excluding carboxylic acids is 2. The summed E-state index contributed by atoms with van der Waals surface area (Å²) in [5.41, 5.74) is 4.15. The molecule has 3 amide bonds. The monoisotopic (exact) mass is 495 g/mol. The third-order valence-corrected chi connectivity index (χ3v) is 4.89. The number of alkyl halides is 3. The van der Waals surface area contributed by atoms with Gasteiger partial charge in [-0.3, -0.25) is 4.79 Å². The Morgan fingerprint density at radius 3 is 2.53 bits per heavy atom. The molecule has 0 unspecified atom stereocenters. The average Bonchev–Trinajstić information content (AvgIpc) is 2.72. The van der Waals surface area contributed by atoms with Gasteiger partial charge in [0, 0.05) is 17.3 Å². The third-order valence-electron chi connectivity index (χ3n) is 4.56. The number of amides is 3. The van der Waals surface area contributed by atoms with Crippen LogP contribution in [0.25, 0.3) is 0 Å². The van der Waals surface area contributed by atoms with Gasteiger partial charge in [0.2, 0.25) is 5.91 Å². The van der Waals surface area contributed by atoms with Gasteiger partial charge in [0.05, 0.1) is 16.3 Å². The molecule has 178 valence electrons. The molecule has 0 heterocycles. The van der Waals surface area contributed by atoms with Crippen LogP contribution in [0, 0.1) is 5.82 Å². The highest BCUT2D eigenvalue weighted by Gasteiger charge is 2.33. The first-order valence-corrected chi connectivity index (χ1v) is 10.2. The number of hydrogen-bond acceptors (Lipinski definition) is 3. The van der Waals surface area contributed by atoms with Gasteiger partial charge in [0.25, 0.3) is 0 Å². The Hall–Kier alpha value is -3.79. The number of anilines is 2. The van der Waals surface area contributed by atoms with E-state index in [-0.39, 0.29) is 22.9 Å². The Kier molecular flexibility index (Phi) is 7.62. The standard InChI is InChI=1S/C23H18ClF4N3O3/c24-18-8-6-14(11-17(18)23(26,27)28)30-22(33)31-20-9-7-16(12-19(20)25)34-15-5-3-1-2-4-13(10-15)21(29)32/h1,3,5-12H,2,4H2,(H2,29,32)(H2,30,31,33).